The molecule has 20 heavy (non-hydrogen) atoms. The van der Waals surface area contributed by atoms with E-state index in [-0.39, 0.29) is 0 Å². The van der Waals surface area contributed by atoms with Crippen molar-refractivity contribution < 1.29 is 4.74 Å². The van der Waals surface area contributed by atoms with E-state index in [1.807, 2.05) is 13.8 Å². The third-order valence-corrected chi connectivity index (χ3v) is 3.55. The molecule has 0 aromatic carbocycles. The van der Waals surface area contributed by atoms with Crippen molar-refractivity contribution in [3.05, 3.63) is 16.8 Å². The highest BCUT2D eigenvalue weighted by Crippen LogP contribution is 2.28. The normalized spacial score (nSPS) is 14.1. The first-order valence-electron chi connectivity index (χ1n) is 7.40. The molecule has 0 spiro atoms. The largest absolute Gasteiger partial charge is 0.379 e. The van der Waals surface area contributed by atoms with E-state index < -0.39 is 0 Å². The van der Waals surface area contributed by atoms with Crippen LogP contribution in [0.2, 0.25) is 0 Å². The second kappa shape index (κ2) is 7.20. The van der Waals surface area contributed by atoms with Gasteiger partial charge >= 0.3 is 0 Å². The Labute approximate surface area is 120 Å². The highest BCUT2D eigenvalue weighted by Gasteiger charge is 2.21. The minimum atomic E-state index is 0.580. The smallest absolute Gasteiger partial charge is 0.167 e. The number of aromatic nitrogens is 2. The first kappa shape index (κ1) is 14.7. The number of ether oxygens (including phenoxy) is 1. The Kier molecular flexibility index (Phi) is 5.31. The van der Waals surface area contributed by atoms with Gasteiger partial charge in [-0.1, -0.05) is 13.8 Å². The lowest BCUT2D eigenvalue weighted by Gasteiger charge is -2.12. The summed E-state index contributed by atoms with van der Waals surface area (Å²) < 4.78 is 5.56. The molecule has 108 valence electrons. The number of nitrogens with one attached hydrogen (secondary N) is 1. The molecule has 2 rings (SSSR count). The molecule has 1 N–H and O–H groups in total. The number of aryl methyl sites for hydroxylation is 1. The topological polar surface area (TPSA) is 70.8 Å². The summed E-state index contributed by atoms with van der Waals surface area (Å²) in [5.41, 5.74) is 2.55. The van der Waals surface area contributed by atoms with Gasteiger partial charge in [0.25, 0.3) is 0 Å². The Morgan fingerprint density at radius 3 is 2.70 bits per heavy atom. The van der Waals surface area contributed by atoms with E-state index in [2.05, 4.69) is 21.6 Å². The van der Waals surface area contributed by atoms with Gasteiger partial charge in [0, 0.05) is 13.2 Å². The molecule has 0 aliphatic heterocycles. The molecular weight excluding hydrogens is 252 g/mol. The minimum Gasteiger partial charge on any atom is -0.379 e. The standard InChI is InChI=1S/C15H22N4O/c1-3-12-13(9-16)15(19-18-14(12)4-2)17-7-8-20-10-11-5-6-11/h11H,3-8,10H2,1-2H3,(H,17,19). The molecule has 5 nitrogen and oxygen atoms in total. The van der Waals surface area contributed by atoms with Crippen molar-refractivity contribution in [1.82, 2.24) is 10.2 Å². The second-order valence-corrected chi connectivity index (χ2v) is 5.11. The van der Waals surface area contributed by atoms with Crippen LogP contribution in [0.25, 0.3) is 0 Å². The molecule has 1 aliphatic rings. The number of anilines is 1. The fraction of sp³-hybridized carbons (Fsp3) is 0.667. The lowest BCUT2D eigenvalue weighted by atomic mass is 10.0. The summed E-state index contributed by atoms with van der Waals surface area (Å²) >= 11 is 0. The van der Waals surface area contributed by atoms with E-state index in [1.165, 1.54) is 12.8 Å². The van der Waals surface area contributed by atoms with Gasteiger partial charge in [-0.2, -0.15) is 10.4 Å². The maximum atomic E-state index is 9.35. The third-order valence-electron chi connectivity index (χ3n) is 3.55. The van der Waals surface area contributed by atoms with Crippen LogP contribution in [0.4, 0.5) is 5.82 Å². The van der Waals surface area contributed by atoms with Crippen LogP contribution in [-0.2, 0) is 17.6 Å². The van der Waals surface area contributed by atoms with E-state index in [1.54, 1.807) is 0 Å². The Morgan fingerprint density at radius 1 is 1.30 bits per heavy atom. The molecule has 1 fully saturated rings. The maximum Gasteiger partial charge on any atom is 0.167 e. The average molecular weight is 274 g/mol. The van der Waals surface area contributed by atoms with E-state index in [0.717, 1.165) is 36.6 Å². The van der Waals surface area contributed by atoms with Gasteiger partial charge in [-0.15, -0.1) is 5.10 Å². The van der Waals surface area contributed by atoms with Crippen LogP contribution in [0.5, 0.6) is 0 Å². The fourth-order valence-electron chi connectivity index (χ4n) is 2.19. The molecule has 0 radical (unpaired) electrons. The highest BCUT2D eigenvalue weighted by atomic mass is 16.5. The number of hydrogen-bond donors (Lipinski definition) is 1. The van der Waals surface area contributed by atoms with Crippen LogP contribution in [0.1, 0.15) is 43.5 Å². The van der Waals surface area contributed by atoms with Gasteiger partial charge in [-0.3, -0.25) is 0 Å². The van der Waals surface area contributed by atoms with Crippen molar-refractivity contribution in [1.29, 1.82) is 5.26 Å². The van der Waals surface area contributed by atoms with Crippen LogP contribution >= 0.6 is 0 Å². The van der Waals surface area contributed by atoms with Crippen LogP contribution in [0, 0.1) is 17.2 Å². The number of rotatable bonds is 8. The van der Waals surface area contributed by atoms with Crippen molar-refractivity contribution in [2.75, 3.05) is 25.1 Å². The van der Waals surface area contributed by atoms with Crippen LogP contribution in [0.15, 0.2) is 0 Å². The highest BCUT2D eigenvalue weighted by molar-refractivity contribution is 5.56. The zero-order valence-electron chi connectivity index (χ0n) is 12.3. The average Bonchev–Trinajstić information content (AvgIpc) is 3.30. The fourth-order valence-corrected chi connectivity index (χ4v) is 2.19. The molecule has 1 saturated carbocycles. The molecule has 0 amide bonds. The molecular formula is C15H22N4O. The van der Waals surface area contributed by atoms with E-state index in [0.29, 0.717) is 24.5 Å². The lowest BCUT2D eigenvalue weighted by Crippen LogP contribution is -2.15. The zero-order chi connectivity index (χ0) is 14.4. The molecule has 0 unspecified atom stereocenters. The predicted molar refractivity (Wildman–Crippen MR) is 77.5 cm³/mol. The Hall–Kier alpha value is -1.67. The van der Waals surface area contributed by atoms with E-state index in [4.69, 9.17) is 4.74 Å². The van der Waals surface area contributed by atoms with Gasteiger partial charge in [0.15, 0.2) is 5.82 Å². The number of hydrogen-bond acceptors (Lipinski definition) is 5. The SMILES string of the molecule is CCc1nnc(NCCOCC2CC2)c(C#N)c1CC. The van der Waals surface area contributed by atoms with Crippen molar-refractivity contribution in [2.45, 2.75) is 39.5 Å². The summed E-state index contributed by atoms with van der Waals surface area (Å²) in [4.78, 5) is 0. The van der Waals surface area contributed by atoms with Crippen molar-refractivity contribution >= 4 is 5.82 Å². The van der Waals surface area contributed by atoms with Gasteiger partial charge in [0.05, 0.1) is 12.3 Å². The maximum absolute atomic E-state index is 9.35. The molecule has 0 saturated heterocycles. The van der Waals surface area contributed by atoms with Crippen molar-refractivity contribution in [2.24, 2.45) is 5.92 Å². The molecule has 1 aliphatic carbocycles. The summed E-state index contributed by atoms with van der Waals surface area (Å²) in [6.07, 6.45) is 4.20. The number of nitrogens with zero attached hydrogens (tertiary/aromatic N) is 3. The van der Waals surface area contributed by atoms with Gasteiger partial charge in [0.1, 0.15) is 11.6 Å². The zero-order valence-corrected chi connectivity index (χ0v) is 12.3. The Bertz CT molecular complexity index is 491. The molecule has 0 atom stereocenters. The van der Waals surface area contributed by atoms with Crippen LogP contribution in [-0.4, -0.2) is 30.0 Å². The molecule has 5 heteroatoms. The molecule has 1 aromatic heterocycles. The third kappa shape index (κ3) is 3.67. The summed E-state index contributed by atoms with van der Waals surface area (Å²) in [5.74, 6) is 1.36. The monoisotopic (exact) mass is 274 g/mol. The molecule has 1 heterocycles. The predicted octanol–water partition coefficient (Wildman–Crippen LogP) is 2.31. The van der Waals surface area contributed by atoms with E-state index in [9.17, 15) is 5.26 Å². The second-order valence-electron chi connectivity index (χ2n) is 5.11. The lowest BCUT2D eigenvalue weighted by molar-refractivity contribution is 0.134. The quantitative estimate of drug-likeness (QED) is 0.737. The van der Waals surface area contributed by atoms with Crippen LogP contribution in [0.3, 0.4) is 0 Å². The number of nitriles is 1. The van der Waals surface area contributed by atoms with Gasteiger partial charge in [0.2, 0.25) is 0 Å². The first-order valence-corrected chi connectivity index (χ1v) is 7.40. The summed E-state index contributed by atoms with van der Waals surface area (Å²) in [7, 11) is 0. The van der Waals surface area contributed by atoms with Crippen LogP contribution < -0.4 is 5.32 Å². The van der Waals surface area contributed by atoms with Crippen molar-refractivity contribution in [3.63, 3.8) is 0 Å². The van der Waals surface area contributed by atoms with Gasteiger partial charge < -0.3 is 10.1 Å². The Morgan fingerprint density at radius 2 is 2.10 bits per heavy atom. The van der Waals surface area contributed by atoms with Crippen molar-refractivity contribution in [3.8, 4) is 6.07 Å². The summed E-state index contributed by atoms with van der Waals surface area (Å²) in [6, 6.07) is 2.25. The summed E-state index contributed by atoms with van der Waals surface area (Å²) in [6.45, 7) is 6.22. The first-order chi connectivity index (χ1) is 9.80. The van der Waals surface area contributed by atoms with E-state index >= 15 is 0 Å². The minimum absolute atomic E-state index is 0.580. The molecule has 1 aromatic rings. The van der Waals surface area contributed by atoms with Gasteiger partial charge in [-0.05, 0) is 37.2 Å². The Balaban J connectivity index is 1.94. The summed E-state index contributed by atoms with van der Waals surface area (Å²) in [5, 5.41) is 20.9. The molecule has 0 bridgehead atoms. The van der Waals surface area contributed by atoms with Gasteiger partial charge in [-0.25, -0.2) is 0 Å².